The highest BCUT2D eigenvalue weighted by Crippen LogP contribution is 2.42. The molecule has 3 N–H and O–H groups in total. The van der Waals surface area contributed by atoms with Crippen molar-refractivity contribution in [3.8, 4) is 11.1 Å². The van der Waals surface area contributed by atoms with Crippen LogP contribution in [-0.2, 0) is 27.2 Å². The lowest BCUT2D eigenvalue weighted by molar-refractivity contribution is -0.136. The number of carbonyl (C=O) groups is 3. The number of carboxylic acid groups (broad SMARTS) is 1. The summed E-state index contributed by atoms with van der Waals surface area (Å²) >= 11 is 0. The monoisotopic (exact) mass is 601 g/mol. The van der Waals surface area contributed by atoms with E-state index in [0.29, 0.717) is 11.3 Å². The zero-order valence-corrected chi connectivity index (χ0v) is 25.4. The van der Waals surface area contributed by atoms with Gasteiger partial charge in [0.15, 0.2) is 0 Å². The van der Waals surface area contributed by atoms with Crippen molar-refractivity contribution in [2.24, 2.45) is 0 Å². The second kappa shape index (κ2) is 12.0. The highest BCUT2D eigenvalue weighted by Gasteiger charge is 2.45. The third kappa shape index (κ3) is 6.31. The quantitative estimate of drug-likeness (QED) is 0.188. The summed E-state index contributed by atoms with van der Waals surface area (Å²) in [6.45, 7) is 5.42. The van der Waals surface area contributed by atoms with Crippen molar-refractivity contribution in [2.75, 3.05) is 5.32 Å². The number of hydrogen-bond acceptors (Lipinski definition) is 4. The fraction of sp³-hybridized carbons (Fsp3) is 0.216. The van der Waals surface area contributed by atoms with Gasteiger partial charge in [-0.1, -0.05) is 84.9 Å². The van der Waals surface area contributed by atoms with E-state index in [0.717, 1.165) is 38.9 Å². The van der Waals surface area contributed by atoms with Gasteiger partial charge in [-0.2, -0.15) is 0 Å². The van der Waals surface area contributed by atoms with Gasteiger partial charge in [-0.25, -0.2) is 4.79 Å². The minimum Gasteiger partial charge on any atom is -0.481 e. The molecule has 45 heavy (non-hydrogen) atoms. The van der Waals surface area contributed by atoms with Crippen molar-refractivity contribution in [3.05, 3.63) is 126 Å². The molecule has 4 aromatic carbocycles. The number of aliphatic carboxylic acids is 1. The van der Waals surface area contributed by atoms with E-state index in [2.05, 4.69) is 10.3 Å². The topological polar surface area (TPSA) is 112 Å². The second-order valence-corrected chi connectivity index (χ2v) is 12.3. The maximum atomic E-state index is 14.1. The van der Waals surface area contributed by atoms with Crippen LogP contribution in [0.1, 0.15) is 49.2 Å². The largest absolute Gasteiger partial charge is 0.481 e. The van der Waals surface area contributed by atoms with Gasteiger partial charge in [0.05, 0.1) is 6.42 Å². The molecule has 0 aliphatic carbocycles. The third-order valence-corrected chi connectivity index (χ3v) is 7.95. The standard InChI is InChI=1S/C37H35N3O5/c1-37(2,3)45-36(44)40-31(35(43)38-27-19-13-23(14-20-27)21-32(41)42)22-29-28-11-7-8-12-30(28)39-33(29)34(40)26-17-15-25(16-18-26)24-9-5-4-6-10-24/h4-20,31,34,39H,21-22H2,1-3H3,(H,38,43)(H,41,42)/t31-,34+/m1/s1. The van der Waals surface area contributed by atoms with Gasteiger partial charge in [0.25, 0.3) is 0 Å². The first-order chi connectivity index (χ1) is 21.6. The molecule has 1 aromatic heterocycles. The zero-order chi connectivity index (χ0) is 31.7. The van der Waals surface area contributed by atoms with Gasteiger partial charge in [-0.15, -0.1) is 0 Å². The summed E-state index contributed by atoms with van der Waals surface area (Å²) in [4.78, 5) is 44.4. The zero-order valence-electron chi connectivity index (χ0n) is 25.4. The smallest absolute Gasteiger partial charge is 0.411 e. The van der Waals surface area contributed by atoms with Crippen LogP contribution in [0.5, 0.6) is 0 Å². The van der Waals surface area contributed by atoms with Crippen LogP contribution in [0.15, 0.2) is 103 Å². The van der Waals surface area contributed by atoms with E-state index in [4.69, 9.17) is 9.84 Å². The van der Waals surface area contributed by atoms with E-state index in [1.165, 1.54) is 0 Å². The van der Waals surface area contributed by atoms with Crippen LogP contribution >= 0.6 is 0 Å². The Labute approximate surface area is 261 Å². The summed E-state index contributed by atoms with van der Waals surface area (Å²) in [6.07, 6.45) is -0.432. The first-order valence-corrected chi connectivity index (χ1v) is 14.9. The number of benzene rings is 4. The van der Waals surface area contributed by atoms with Gasteiger partial charge < -0.3 is 20.1 Å². The lowest BCUT2D eigenvalue weighted by atomic mass is 9.87. The van der Waals surface area contributed by atoms with Crippen LogP contribution in [0, 0.1) is 0 Å². The summed E-state index contributed by atoms with van der Waals surface area (Å²) in [6, 6.07) is 31.2. The minimum atomic E-state index is -0.931. The molecule has 8 nitrogen and oxygen atoms in total. The highest BCUT2D eigenvalue weighted by molar-refractivity contribution is 5.98. The number of ether oxygens (including phenoxy) is 1. The molecule has 0 saturated carbocycles. The molecule has 2 heterocycles. The number of carbonyl (C=O) groups excluding carboxylic acids is 2. The number of rotatable bonds is 6. The van der Waals surface area contributed by atoms with Crippen molar-refractivity contribution in [3.63, 3.8) is 0 Å². The number of fused-ring (bicyclic) bond motifs is 3. The number of para-hydroxylation sites is 1. The van der Waals surface area contributed by atoms with Gasteiger partial charge in [-0.3, -0.25) is 14.5 Å². The number of aromatic nitrogens is 1. The second-order valence-electron chi connectivity index (χ2n) is 12.3. The van der Waals surface area contributed by atoms with Crippen molar-refractivity contribution < 1.29 is 24.2 Å². The maximum Gasteiger partial charge on any atom is 0.411 e. The molecule has 228 valence electrons. The first-order valence-electron chi connectivity index (χ1n) is 14.9. The number of H-pyrrole nitrogens is 1. The SMILES string of the molecule is CC(C)(C)OC(=O)N1[C@@H](c2ccc(-c3ccccc3)cc2)c2[nH]c3ccccc3c2C[C@@H]1C(=O)Nc1ccc(CC(=O)O)cc1. The van der Waals surface area contributed by atoms with Gasteiger partial charge >= 0.3 is 12.1 Å². The van der Waals surface area contributed by atoms with Crippen LogP contribution in [0.4, 0.5) is 10.5 Å². The molecule has 2 amide bonds. The van der Waals surface area contributed by atoms with E-state index >= 15 is 0 Å². The molecule has 0 spiro atoms. The van der Waals surface area contributed by atoms with Gasteiger partial charge in [-0.05, 0) is 66.8 Å². The lowest BCUT2D eigenvalue weighted by Gasteiger charge is -2.41. The third-order valence-electron chi connectivity index (χ3n) is 7.95. The lowest BCUT2D eigenvalue weighted by Crippen LogP contribution is -2.54. The van der Waals surface area contributed by atoms with E-state index in [1.807, 2.05) is 78.9 Å². The fourth-order valence-electron chi connectivity index (χ4n) is 5.97. The molecule has 2 atom stereocenters. The van der Waals surface area contributed by atoms with Crippen LogP contribution in [-0.4, -0.2) is 44.6 Å². The van der Waals surface area contributed by atoms with Crippen molar-refractivity contribution in [1.29, 1.82) is 0 Å². The van der Waals surface area contributed by atoms with Crippen molar-refractivity contribution in [1.82, 2.24) is 9.88 Å². The Kier molecular flexibility index (Phi) is 7.89. The molecule has 6 rings (SSSR count). The normalized spacial score (nSPS) is 16.2. The molecule has 0 saturated heterocycles. The Morgan fingerprint density at radius 3 is 2.18 bits per heavy atom. The van der Waals surface area contributed by atoms with Gasteiger partial charge in [0.1, 0.15) is 17.7 Å². The molecule has 8 heteroatoms. The van der Waals surface area contributed by atoms with Crippen molar-refractivity contribution in [2.45, 2.75) is 51.3 Å². The average molecular weight is 602 g/mol. The minimum absolute atomic E-state index is 0.114. The number of anilines is 1. The van der Waals surface area contributed by atoms with E-state index < -0.39 is 29.7 Å². The van der Waals surface area contributed by atoms with Gasteiger partial charge in [0.2, 0.25) is 5.91 Å². The number of nitrogens with zero attached hydrogens (tertiary/aromatic N) is 1. The number of hydrogen-bond donors (Lipinski definition) is 3. The van der Waals surface area contributed by atoms with Gasteiger partial charge in [0, 0.05) is 28.7 Å². The molecule has 1 aliphatic heterocycles. The highest BCUT2D eigenvalue weighted by atomic mass is 16.6. The van der Waals surface area contributed by atoms with Crippen LogP contribution in [0.25, 0.3) is 22.0 Å². The Bertz CT molecular complexity index is 1850. The first kappa shape index (κ1) is 29.7. The van der Waals surface area contributed by atoms with E-state index in [-0.39, 0.29) is 18.7 Å². The van der Waals surface area contributed by atoms with Crippen LogP contribution in [0.3, 0.4) is 0 Å². The van der Waals surface area contributed by atoms with E-state index in [1.54, 1.807) is 49.9 Å². The maximum absolute atomic E-state index is 14.1. The number of carboxylic acids is 1. The Morgan fingerprint density at radius 1 is 0.867 bits per heavy atom. The predicted molar refractivity (Wildman–Crippen MR) is 174 cm³/mol. The molecule has 0 fully saturated rings. The molecular formula is C37H35N3O5. The average Bonchev–Trinajstić information content (AvgIpc) is 3.39. The number of nitrogens with one attached hydrogen (secondary N) is 2. The number of amides is 2. The Hall–Kier alpha value is -5.37. The molecule has 5 aromatic rings. The van der Waals surface area contributed by atoms with Crippen LogP contribution < -0.4 is 5.32 Å². The summed E-state index contributed by atoms with van der Waals surface area (Å²) in [5.41, 5.74) is 6.03. The molecule has 1 aliphatic rings. The molecular weight excluding hydrogens is 566 g/mol. The fourth-order valence-corrected chi connectivity index (χ4v) is 5.97. The summed E-state index contributed by atoms with van der Waals surface area (Å²) in [7, 11) is 0. The summed E-state index contributed by atoms with van der Waals surface area (Å²) < 4.78 is 5.93. The van der Waals surface area contributed by atoms with Crippen LogP contribution in [0.2, 0.25) is 0 Å². The Morgan fingerprint density at radius 2 is 1.51 bits per heavy atom. The predicted octanol–water partition coefficient (Wildman–Crippen LogP) is 7.35. The number of aromatic amines is 1. The molecule has 0 bridgehead atoms. The summed E-state index contributed by atoms with van der Waals surface area (Å²) in [5.74, 6) is -1.30. The molecule has 0 radical (unpaired) electrons. The van der Waals surface area contributed by atoms with Crippen molar-refractivity contribution >= 4 is 34.6 Å². The molecule has 0 unspecified atom stereocenters. The summed E-state index contributed by atoms with van der Waals surface area (Å²) in [5, 5.41) is 13.1. The Balaban J connectivity index is 1.44. The van der Waals surface area contributed by atoms with E-state index in [9.17, 15) is 14.4 Å².